The fourth-order valence-corrected chi connectivity index (χ4v) is 3.07. The molecule has 0 aromatic carbocycles. The van der Waals surface area contributed by atoms with Crippen molar-refractivity contribution in [2.45, 2.75) is 57.5 Å². The Hall–Kier alpha value is -0.610. The van der Waals surface area contributed by atoms with Crippen molar-refractivity contribution in [3.63, 3.8) is 0 Å². The highest BCUT2D eigenvalue weighted by Crippen LogP contribution is 2.27. The van der Waals surface area contributed by atoms with Crippen molar-refractivity contribution in [3.8, 4) is 0 Å². The molecule has 2 N–H and O–H groups in total. The third kappa shape index (κ3) is 3.45. The van der Waals surface area contributed by atoms with Gasteiger partial charge in [0.2, 0.25) is 5.91 Å². The second-order valence-electron chi connectivity index (χ2n) is 5.61. The van der Waals surface area contributed by atoms with Crippen molar-refractivity contribution in [3.05, 3.63) is 0 Å². The van der Waals surface area contributed by atoms with Gasteiger partial charge in [0.15, 0.2) is 0 Å². The monoisotopic (exact) mass is 253 g/mol. The zero-order valence-corrected chi connectivity index (χ0v) is 11.6. The van der Waals surface area contributed by atoms with E-state index in [9.17, 15) is 4.79 Å². The Morgan fingerprint density at radius 2 is 2.17 bits per heavy atom. The van der Waals surface area contributed by atoms with Crippen LogP contribution in [0.15, 0.2) is 0 Å². The topological polar surface area (TPSA) is 49.6 Å². The molecule has 1 aliphatic heterocycles. The standard InChI is InChI=1S/C14H27N3O/c1-2-17(13-7-8-13)14(18)11-16-10-4-6-12(16)5-3-9-15/h12-13H,2-11,15H2,1H3. The fraction of sp³-hybridized carbons (Fsp3) is 0.929. The van der Waals surface area contributed by atoms with Gasteiger partial charge < -0.3 is 10.6 Å². The van der Waals surface area contributed by atoms with Crippen molar-refractivity contribution >= 4 is 5.91 Å². The summed E-state index contributed by atoms with van der Waals surface area (Å²) in [6.45, 7) is 5.43. The van der Waals surface area contributed by atoms with Gasteiger partial charge in [0.25, 0.3) is 0 Å². The minimum absolute atomic E-state index is 0.333. The molecule has 18 heavy (non-hydrogen) atoms. The van der Waals surface area contributed by atoms with E-state index in [2.05, 4.69) is 16.7 Å². The van der Waals surface area contributed by atoms with Gasteiger partial charge >= 0.3 is 0 Å². The Morgan fingerprint density at radius 3 is 2.78 bits per heavy atom. The third-order valence-electron chi connectivity index (χ3n) is 4.23. The molecule has 0 aromatic heterocycles. The van der Waals surface area contributed by atoms with Crippen LogP contribution in [-0.4, -0.2) is 54.0 Å². The molecule has 4 heteroatoms. The summed E-state index contributed by atoms with van der Waals surface area (Å²) in [6, 6.07) is 1.14. The van der Waals surface area contributed by atoms with E-state index < -0.39 is 0 Å². The number of hydrogen-bond donors (Lipinski definition) is 1. The predicted molar refractivity (Wildman–Crippen MR) is 73.3 cm³/mol. The maximum Gasteiger partial charge on any atom is 0.236 e. The van der Waals surface area contributed by atoms with Crippen LogP contribution < -0.4 is 5.73 Å². The second kappa shape index (κ2) is 6.53. The molecule has 1 atom stereocenters. The highest BCUT2D eigenvalue weighted by atomic mass is 16.2. The summed E-state index contributed by atoms with van der Waals surface area (Å²) >= 11 is 0. The number of likely N-dealkylation sites (N-methyl/N-ethyl adjacent to an activating group) is 1. The molecule has 1 saturated heterocycles. The van der Waals surface area contributed by atoms with E-state index in [0.717, 1.165) is 32.5 Å². The maximum absolute atomic E-state index is 12.3. The van der Waals surface area contributed by atoms with E-state index >= 15 is 0 Å². The highest BCUT2D eigenvalue weighted by Gasteiger charge is 2.33. The lowest BCUT2D eigenvalue weighted by Crippen LogP contribution is -2.43. The van der Waals surface area contributed by atoms with Crippen LogP contribution in [0.1, 0.15) is 45.4 Å². The number of amides is 1. The van der Waals surface area contributed by atoms with E-state index in [1.165, 1.54) is 25.7 Å². The number of carbonyl (C=O) groups excluding carboxylic acids is 1. The number of rotatable bonds is 7. The first-order valence-corrected chi connectivity index (χ1v) is 7.49. The predicted octanol–water partition coefficient (Wildman–Crippen LogP) is 1.20. The van der Waals surface area contributed by atoms with Crippen molar-refractivity contribution in [2.75, 3.05) is 26.2 Å². The van der Waals surface area contributed by atoms with E-state index in [-0.39, 0.29) is 0 Å². The van der Waals surface area contributed by atoms with Gasteiger partial charge in [-0.2, -0.15) is 0 Å². The summed E-state index contributed by atoms with van der Waals surface area (Å²) in [4.78, 5) is 16.7. The second-order valence-corrected chi connectivity index (χ2v) is 5.61. The Balaban J connectivity index is 1.81. The van der Waals surface area contributed by atoms with E-state index in [4.69, 9.17) is 5.73 Å². The highest BCUT2D eigenvalue weighted by molar-refractivity contribution is 5.79. The summed E-state index contributed by atoms with van der Waals surface area (Å²) in [6.07, 6.45) is 7.11. The molecule has 104 valence electrons. The van der Waals surface area contributed by atoms with Crippen LogP contribution in [0, 0.1) is 0 Å². The van der Waals surface area contributed by atoms with Gasteiger partial charge in [0.1, 0.15) is 0 Å². The lowest BCUT2D eigenvalue weighted by Gasteiger charge is -2.28. The molecule has 2 aliphatic rings. The van der Waals surface area contributed by atoms with Gasteiger partial charge in [-0.15, -0.1) is 0 Å². The molecule has 0 spiro atoms. The Bertz CT molecular complexity index is 278. The molecule has 1 saturated carbocycles. The summed E-state index contributed by atoms with van der Waals surface area (Å²) < 4.78 is 0. The molecular weight excluding hydrogens is 226 g/mol. The molecule has 0 radical (unpaired) electrons. The van der Waals surface area contributed by atoms with Crippen LogP contribution in [-0.2, 0) is 4.79 Å². The average molecular weight is 253 g/mol. The van der Waals surface area contributed by atoms with Crippen LogP contribution in [0.25, 0.3) is 0 Å². The SMILES string of the molecule is CCN(C(=O)CN1CCCC1CCCN)C1CC1. The Labute approximate surface area is 110 Å². The molecule has 0 bridgehead atoms. The van der Waals surface area contributed by atoms with Crippen molar-refractivity contribution in [1.82, 2.24) is 9.80 Å². The zero-order chi connectivity index (χ0) is 13.0. The first-order valence-electron chi connectivity index (χ1n) is 7.49. The Kier molecular flexibility index (Phi) is 5.01. The van der Waals surface area contributed by atoms with Gasteiger partial charge in [0, 0.05) is 18.6 Å². The van der Waals surface area contributed by atoms with Gasteiger partial charge in [-0.3, -0.25) is 9.69 Å². The van der Waals surface area contributed by atoms with Crippen molar-refractivity contribution in [1.29, 1.82) is 0 Å². The molecule has 1 aliphatic carbocycles. The van der Waals surface area contributed by atoms with Crippen LogP contribution >= 0.6 is 0 Å². The summed E-state index contributed by atoms with van der Waals surface area (Å²) in [7, 11) is 0. The molecular formula is C14H27N3O. The van der Waals surface area contributed by atoms with Gasteiger partial charge in [-0.1, -0.05) is 0 Å². The number of likely N-dealkylation sites (tertiary alicyclic amines) is 1. The molecule has 1 amide bonds. The van der Waals surface area contributed by atoms with Crippen LogP contribution in [0.2, 0.25) is 0 Å². The summed E-state index contributed by atoms with van der Waals surface area (Å²) in [5.74, 6) is 0.333. The lowest BCUT2D eigenvalue weighted by atomic mass is 10.1. The summed E-state index contributed by atoms with van der Waals surface area (Å²) in [5.41, 5.74) is 5.58. The Morgan fingerprint density at radius 1 is 1.39 bits per heavy atom. The summed E-state index contributed by atoms with van der Waals surface area (Å²) in [5, 5.41) is 0. The average Bonchev–Trinajstić information content (AvgIpc) is 3.09. The molecule has 4 nitrogen and oxygen atoms in total. The first kappa shape index (κ1) is 13.8. The number of nitrogens with zero attached hydrogens (tertiary/aromatic N) is 2. The van der Waals surface area contributed by atoms with Crippen molar-refractivity contribution < 1.29 is 4.79 Å². The molecule has 1 heterocycles. The first-order chi connectivity index (χ1) is 8.76. The minimum Gasteiger partial charge on any atom is -0.339 e. The van der Waals surface area contributed by atoms with E-state index in [1.807, 2.05) is 0 Å². The third-order valence-corrected chi connectivity index (χ3v) is 4.23. The maximum atomic E-state index is 12.3. The normalized spacial score (nSPS) is 24.4. The smallest absolute Gasteiger partial charge is 0.236 e. The molecule has 2 rings (SSSR count). The van der Waals surface area contributed by atoms with Crippen molar-refractivity contribution in [2.24, 2.45) is 5.73 Å². The van der Waals surface area contributed by atoms with Gasteiger partial charge in [-0.05, 0) is 58.5 Å². The van der Waals surface area contributed by atoms with Crippen LogP contribution in [0.3, 0.4) is 0 Å². The zero-order valence-electron chi connectivity index (χ0n) is 11.6. The van der Waals surface area contributed by atoms with Gasteiger partial charge in [0.05, 0.1) is 6.54 Å². The number of nitrogens with two attached hydrogens (primary N) is 1. The molecule has 0 aromatic rings. The quantitative estimate of drug-likeness (QED) is 0.742. The van der Waals surface area contributed by atoms with Crippen LogP contribution in [0.4, 0.5) is 0 Å². The molecule has 1 unspecified atom stereocenters. The molecule has 2 fully saturated rings. The van der Waals surface area contributed by atoms with Crippen LogP contribution in [0.5, 0.6) is 0 Å². The minimum atomic E-state index is 0.333. The number of carbonyl (C=O) groups is 1. The lowest BCUT2D eigenvalue weighted by molar-refractivity contribution is -0.133. The largest absolute Gasteiger partial charge is 0.339 e. The van der Waals surface area contributed by atoms with E-state index in [0.29, 0.717) is 24.5 Å². The van der Waals surface area contributed by atoms with Gasteiger partial charge in [-0.25, -0.2) is 0 Å². The fourth-order valence-electron chi connectivity index (χ4n) is 3.07. The number of hydrogen-bond acceptors (Lipinski definition) is 3. The van der Waals surface area contributed by atoms with E-state index in [1.54, 1.807) is 0 Å².